The molecule has 6 rings (SSSR count). The molecule has 0 aliphatic carbocycles. The molecule has 11 nitrogen and oxygen atoms in total. The Morgan fingerprint density at radius 1 is 0.955 bits per heavy atom. The first-order chi connectivity index (χ1) is 21.3. The molecule has 0 amide bonds. The Bertz CT molecular complexity index is 1950. The van der Waals surface area contributed by atoms with Crippen LogP contribution in [0.25, 0.3) is 22.4 Å². The van der Waals surface area contributed by atoms with Gasteiger partial charge in [-0.2, -0.15) is 0 Å². The molecule has 1 saturated heterocycles. The summed E-state index contributed by atoms with van der Waals surface area (Å²) in [5, 5.41) is 8.37. The first-order valence-corrected chi connectivity index (χ1v) is 14.0. The molecule has 222 valence electrons. The molecule has 1 aliphatic rings. The summed E-state index contributed by atoms with van der Waals surface area (Å²) in [5.41, 5.74) is 3.31. The highest BCUT2D eigenvalue weighted by molar-refractivity contribution is 5.90. The van der Waals surface area contributed by atoms with Gasteiger partial charge < -0.3 is 19.2 Å². The highest BCUT2D eigenvalue weighted by atomic mass is 16.6. The van der Waals surface area contributed by atoms with E-state index in [1.165, 1.54) is 6.33 Å². The second-order valence-corrected chi connectivity index (χ2v) is 10.6. The lowest BCUT2D eigenvalue weighted by Gasteiger charge is -2.19. The molecular weight excluding hydrogens is 562 g/mol. The van der Waals surface area contributed by atoms with Crippen molar-refractivity contribution in [2.75, 3.05) is 6.61 Å². The molecule has 2 N–H and O–H groups in total. The third-order valence-electron chi connectivity index (χ3n) is 7.44. The number of ether oxygens (including phenoxy) is 3. The van der Waals surface area contributed by atoms with Crippen LogP contribution in [0.5, 0.6) is 0 Å². The van der Waals surface area contributed by atoms with E-state index < -0.39 is 35.9 Å². The Labute approximate surface area is 251 Å². The molecule has 1 fully saturated rings. The molecule has 11 heteroatoms. The molecule has 1 aliphatic heterocycles. The summed E-state index contributed by atoms with van der Waals surface area (Å²) in [4.78, 5) is 50.5. The molecule has 0 spiro atoms. The van der Waals surface area contributed by atoms with E-state index in [0.29, 0.717) is 16.7 Å². The second kappa shape index (κ2) is 12.1. The van der Waals surface area contributed by atoms with Crippen molar-refractivity contribution in [1.29, 1.82) is 5.41 Å². The number of benzene rings is 3. The lowest BCUT2D eigenvalue weighted by Crippen LogP contribution is -2.32. The number of rotatable bonds is 7. The highest BCUT2D eigenvalue weighted by Crippen LogP contribution is 2.33. The number of aromatic amines is 1. The smallest absolute Gasteiger partial charge is 0.338 e. The van der Waals surface area contributed by atoms with Gasteiger partial charge in [-0.1, -0.05) is 65.7 Å². The fourth-order valence-corrected chi connectivity index (χ4v) is 5.01. The van der Waals surface area contributed by atoms with Crippen molar-refractivity contribution in [3.05, 3.63) is 123 Å². The van der Waals surface area contributed by atoms with Gasteiger partial charge in [0.2, 0.25) is 0 Å². The van der Waals surface area contributed by atoms with Crippen LogP contribution in [0.3, 0.4) is 0 Å². The lowest BCUT2D eigenvalue weighted by atomic mass is 10.1. The highest BCUT2D eigenvalue weighted by Gasteiger charge is 2.40. The van der Waals surface area contributed by atoms with Crippen molar-refractivity contribution >= 4 is 23.1 Å². The molecule has 44 heavy (non-hydrogen) atoms. The number of fused-ring (bicyclic) bond motifs is 1. The van der Waals surface area contributed by atoms with E-state index in [9.17, 15) is 14.4 Å². The zero-order valence-electron chi connectivity index (χ0n) is 24.0. The predicted molar refractivity (Wildman–Crippen MR) is 160 cm³/mol. The van der Waals surface area contributed by atoms with Crippen molar-refractivity contribution < 1.29 is 23.8 Å². The Morgan fingerprint density at radius 3 is 2.25 bits per heavy atom. The molecule has 3 heterocycles. The Hall–Kier alpha value is -5.42. The van der Waals surface area contributed by atoms with Crippen molar-refractivity contribution in [3.8, 4) is 11.3 Å². The third kappa shape index (κ3) is 5.90. The Morgan fingerprint density at radius 2 is 1.59 bits per heavy atom. The summed E-state index contributed by atoms with van der Waals surface area (Å²) in [6.45, 7) is 3.65. The zero-order valence-corrected chi connectivity index (χ0v) is 24.0. The first-order valence-electron chi connectivity index (χ1n) is 14.0. The van der Waals surface area contributed by atoms with Crippen LogP contribution in [0, 0.1) is 19.3 Å². The molecule has 3 aromatic carbocycles. The van der Waals surface area contributed by atoms with Crippen LogP contribution in [0.15, 0.2) is 90.0 Å². The minimum absolute atomic E-state index is 0.131. The van der Waals surface area contributed by atoms with Gasteiger partial charge in [-0.15, -0.1) is 0 Å². The van der Waals surface area contributed by atoms with Crippen LogP contribution in [0.2, 0.25) is 0 Å². The molecule has 0 unspecified atom stereocenters. The molecule has 0 bridgehead atoms. The van der Waals surface area contributed by atoms with Crippen LogP contribution in [0.4, 0.5) is 0 Å². The summed E-state index contributed by atoms with van der Waals surface area (Å²) in [7, 11) is 0. The van der Waals surface area contributed by atoms with Crippen molar-refractivity contribution in [2.24, 2.45) is 0 Å². The van der Waals surface area contributed by atoms with E-state index >= 15 is 0 Å². The number of hydrogen-bond donors (Lipinski definition) is 2. The van der Waals surface area contributed by atoms with Crippen LogP contribution in [-0.2, 0) is 14.2 Å². The Balaban J connectivity index is 1.30. The van der Waals surface area contributed by atoms with Crippen molar-refractivity contribution in [3.63, 3.8) is 0 Å². The number of hydrogen-bond acceptors (Lipinski definition) is 9. The van der Waals surface area contributed by atoms with Gasteiger partial charge in [0.05, 0.1) is 11.1 Å². The van der Waals surface area contributed by atoms with Gasteiger partial charge in [0.25, 0.3) is 5.56 Å². The molecule has 5 aromatic rings. The third-order valence-corrected chi connectivity index (χ3v) is 7.44. The number of carbonyl (C=O) groups excluding carboxylic acids is 2. The molecule has 3 atom stereocenters. The fraction of sp³-hybridized carbons (Fsp3) is 0.212. The quantitative estimate of drug-likeness (QED) is 0.267. The maximum absolute atomic E-state index is 13.1. The fourth-order valence-electron chi connectivity index (χ4n) is 5.01. The Kier molecular flexibility index (Phi) is 7.86. The van der Waals surface area contributed by atoms with E-state index in [1.807, 2.05) is 44.2 Å². The topological polar surface area (TPSA) is 149 Å². The largest absolute Gasteiger partial charge is 0.459 e. The van der Waals surface area contributed by atoms with E-state index in [0.717, 1.165) is 11.1 Å². The van der Waals surface area contributed by atoms with Gasteiger partial charge in [0.1, 0.15) is 48.2 Å². The second-order valence-electron chi connectivity index (χ2n) is 10.6. The summed E-state index contributed by atoms with van der Waals surface area (Å²) in [6, 6.07) is 22.9. The van der Waals surface area contributed by atoms with E-state index in [1.54, 1.807) is 53.1 Å². The van der Waals surface area contributed by atoms with E-state index in [-0.39, 0.29) is 35.4 Å². The minimum atomic E-state index is -0.828. The van der Waals surface area contributed by atoms with Gasteiger partial charge in [-0.3, -0.25) is 14.8 Å². The van der Waals surface area contributed by atoms with E-state index in [4.69, 9.17) is 19.6 Å². The monoisotopic (exact) mass is 591 g/mol. The van der Waals surface area contributed by atoms with Crippen LogP contribution >= 0.6 is 0 Å². The number of esters is 2. The summed E-state index contributed by atoms with van der Waals surface area (Å²) >= 11 is 0. The number of H-pyrrole nitrogens is 1. The van der Waals surface area contributed by atoms with Crippen molar-refractivity contribution in [2.45, 2.75) is 38.7 Å². The molecule has 0 radical (unpaired) electrons. The minimum Gasteiger partial charge on any atom is -0.459 e. The first kappa shape index (κ1) is 28.7. The SMILES string of the molecule is Cc1ccc(C(=O)OC[C@H]2O[C@@H](n3cnc(=N)c4nc(-c5ccccc5)c(=O)[nH]c43)C[C@@H]2OC(=O)c2ccc(C)cc2)cc1. The van der Waals surface area contributed by atoms with Crippen LogP contribution in [-0.4, -0.2) is 50.3 Å². The number of nitrogens with zero attached hydrogens (tertiary/aromatic N) is 3. The number of carbonyl (C=O) groups is 2. The maximum Gasteiger partial charge on any atom is 0.338 e. The summed E-state index contributed by atoms with van der Waals surface area (Å²) < 4.78 is 19.3. The summed E-state index contributed by atoms with van der Waals surface area (Å²) in [6.07, 6.45) is -0.892. The average Bonchev–Trinajstić information content (AvgIpc) is 3.42. The van der Waals surface area contributed by atoms with Gasteiger partial charge in [-0.05, 0) is 38.1 Å². The van der Waals surface area contributed by atoms with Crippen LogP contribution in [0.1, 0.15) is 44.5 Å². The lowest BCUT2D eigenvalue weighted by molar-refractivity contribution is -0.0565. The molecule has 2 aromatic heterocycles. The van der Waals surface area contributed by atoms with Gasteiger partial charge in [0.15, 0.2) is 5.49 Å². The number of aromatic nitrogens is 4. The van der Waals surface area contributed by atoms with Crippen LogP contribution < -0.4 is 11.0 Å². The molecular formula is C33H29N5O6. The normalized spacial score (nSPS) is 17.8. The van der Waals surface area contributed by atoms with Gasteiger partial charge in [-0.25, -0.2) is 19.6 Å². The van der Waals surface area contributed by atoms with Crippen molar-refractivity contribution in [1.82, 2.24) is 19.5 Å². The van der Waals surface area contributed by atoms with E-state index in [2.05, 4.69) is 15.0 Å². The average molecular weight is 592 g/mol. The number of aryl methyl sites for hydroxylation is 2. The maximum atomic E-state index is 13.1. The van der Waals surface area contributed by atoms with Gasteiger partial charge >= 0.3 is 11.9 Å². The predicted octanol–water partition coefficient (Wildman–Crippen LogP) is 4.25. The zero-order chi connectivity index (χ0) is 30.8. The van der Waals surface area contributed by atoms with Gasteiger partial charge in [0, 0.05) is 12.0 Å². The summed E-state index contributed by atoms with van der Waals surface area (Å²) in [5.74, 6) is -1.09. The number of nitrogens with one attached hydrogen (secondary N) is 2. The standard InChI is InChI=1S/C33H29N5O6/c1-19-8-12-22(13-9-19)32(40)42-17-25-24(44-33(41)23-14-10-20(2)11-15-23)16-26(43-25)38-18-35-29(34)28-30(38)37-31(39)27(36-28)21-6-4-3-5-7-21/h3-15,18,24-26,34H,16-17H2,1-2H3,(H,37,39)/t24-,25+,26+/m0/s1. The molecule has 0 saturated carbocycles.